The molecule has 2 amide bonds. The molecule has 1 fully saturated rings. The van der Waals surface area contributed by atoms with Crippen LogP contribution in [-0.2, 0) is 9.59 Å². The van der Waals surface area contributed by atoms with Crippen molar-refractivity contribution in [3.05, 3.63) is 0 Å². The largest absolute Gasteiger partial charge is 0.342 e. The lowest BCUT2D eigenvalue weighted by Crippen LogP contribution is -2.55. The number of nitrogens with zero attached hydrogens (tertiary/aromatic N) is 1. The minimum Gasteiger partial charge on any atom is -0.342 e. The average molecular weight is 254 g/mol. The third-order valence-corrected chi connectivity index (χ3v) is 4.12. The van der Waals surface area contributed by atoms with Crippen molar-refractivity contribution in [3.8, 4) is 0 Å². The van der Waals surface area contributed by atoms with Crippen LogP contribution in [0.25, 0.3) is 0 Å². The molecular formula is C14H26N2O2. The molecule has 1 aliphatic heterocycles. The van der Waals surface area contributed by atoms with Crippen LogP contribution in [0.15, 0.2) is 0 Å². The Morgan fingerprint density at radius 2 is 1.89 bits per heavy atom. The molecule has 0 radical (unpaired) electrons. The minimum absolute atomic E-state index is 0.0141. The lowest BCUT2D eigenvalue weighted by Gasteiger charge is -2.33. The molecule has 1 unspecified atom stereocenters. The summed E-state index contributed by atoms with van der Waals surface area (Å²) in [6.07, 6.45) is 3.20. The lowest BCUT2D eigenvalue weighted by atomic mass is 9.96. The summed E-state index contributed by atoms with van der Waals surface area (Å²) in [5.41, 5.74) is -0.723. The van der Waals surface area contributed by atoms with E-state index in [1.54, 1.807) is 0 Å². The summed E-state index contributed by atoms with van der Waals surface area (Å²) in [6, 6.07) is 0. The van der Waals surface area contributed by atoms with Crippen molar-refractivity contribution in [2.24, 2.45) is 5.92 Å². The van der Waals surface area contributed by atoms with E-state index in [0.29, 0.717) is 25.3 Å². The van der Waals surface area contributed by atoms with Crippen molar-refractivity contribution in [1.29, 1.82) is 0 Å². The van der Waals surface area contributed by atoms with E-state index in [9.17, 15) is 9.59 Å². The van der Waals surface area contributed by atoms with Crippen LogP contribution in [0.2, 0.25) is 0 Å². The fourth-order valence-corrected chi connectivity index (χ4v) is 2.38. The molecule has 1 aliphatic rings. The second kappa shape index (κ2) is 6.21. The van der Waals surface area contributed by atoms with Crippen LogP contribution < -0.4 is 5.32 Å². The molecule has 1 atom stereocenters. The van der Waals surface area contributed by atoms with Gasteiger partial charge in [0.1, 0.15) is 5.54 Å². The Balaban J connectivity index is 2.84. The zero-order chi connectivity index (χ0) is 13.8. The van der Waals surface area contributed by atoms with E-state index >= 15 is 0 Å². The highest BCUT2D eigenvalue weighted by atomic mass is 16.2. The van der Waals surface area contributed by atoms with E-state index in [0.717, 1.165) is 19.4 Å². The molecule has 0 saturated carbocycles. The zero-order valence-corrected chi connectivity index (χ0v) is 12.1. The Morgan fingerprint density at radius 3 is 2.39 bits per heavy atom. The van der Waals surface area contributed by atoms with E-state index in [1.165, 1.54) is 0 Å². The Bertz CT molecular complexity index is 313. The maximum Gasteiger partial charge on any atom is 0.248 e. The van der Waals surface area contributed by atoms with Gasteiger partial charge in [-0.25, -0.2) is 0 Å². The fourth-order valence-electron chi connectivity index (χ4n) is 2.38. The summed E-state index contributed by atoms with van der Waals surface area (Å²) < 4.78 is 0. The Kier molecular flexibility index (Phi) is 5.17. The van der Waals surface area contributed by atoms with Crippen LogP contribution in [0.4, 0.5) is 0 Å². The number of carbonyl (C=O) groups is 2. The number of rotatable bonds is 5. The average Bonchev–Trinajstić information content (AvgIpc) is 2.47. The summed E-state index contributed by atoms with van der Waals surface area (Å²) in [5.74, 6) is 0.589. The maximum atomic E-state index is 12.5. The zero-order valence-electron chi connectivity index (χ0n) is 12.1. The van der Waals surface area contributed by atoms with Crippen molar-refractivity contribution >= 4 is 11.8 Å². The van der Waals surface area contributed by atoms with E-state index in [-0.39, 0.29) is 11.8 Å². The van der Waals surface area contributed by atoms with E-state index in [2.05, 4.69) is 19.2 Å². The molecule has 1 heterocycles. The van der Waals surface area contributed by atoms with Crippen LogP contribution in [0.3, 0.4) is 0 Å². The second-order valence-corrected chi connectivity index (χ2v) is 5.42. The number of nitrogens with one attached hydrogen (secondary N) is 1. The molecule has 1 rings (SSSR count). The number of carbonyl (C=O) groups excluding carboxylic acids is 2. The summed E-state index contributed by atoms with van der Waals surface area (Å²) >= 11 is 0. The molecule has 0 bridgehead atoms. The van der Waals surface area contributed by atoms with Gasteiger partial charge in [0.15, 0.2) is 0 Å². The summed E-state index contributed by atoms with van der Waals surface area (Å²) in [6.45, 7) is 9.40. The highest BCUT2D eigenvalue weighted by molar-refractivity contribution is 5.93. The monoisotopic (exact) mass is 254 g/mol. The highest BCUT2D eigenvalue weighted by Crippen LogP contribution is 2.20. The Hall–Kier alpha value is -1.06. The van der Waals surface area contributed by atoms with Crippen molar-refractivity contribution < 1.29 is 9.59 Å². The second-order valence-electron chi connectivity index (χ2n) is 5.42. The molecular weight excluding hydrogens is 228 g/mol. The highest BCUT2D eigenvalue weighted by Gasteiger charge is 2.39. The molecule has 0 aromatic rings. The SMILES string of the molecule is CCC(CC)CN1CCC(=O)NC(C)(CC)C1=O. The molecule has 1 saturated heterocycles. The first-order chi connectivity index (χ1) is 8.46. The first-order valence-corrected chi connectivity index (χ1v) is 7.07. The van der Waals surface area contributed by atoms with Gasteiger partial charge in [0.05, 0.1) is 0 Å². The van der Waals surface area contributed by atoms with E-state index in [1.807, 2.05) is 18.7 Å². The number of hydrogen-bond acceptors (Lipinski definition) is 2. The van der Waals surface area contributed by atoms with E-state index < -0.39 is 5.54 Å². The third-order valence-electron chi connectivity index (χ3n) is 4.12. The van der Waals surface area contributed by atoms with Crippen molar-refractivity contribution in [2.75, 3.05) is 13.1 Å². The van der Waals surface area contributed by atoms with Gasteiger partial charge in [-0.05, 0) is 19.3 Å². The van der Waals surface area contributed by atoms with Gasteiger partial charge in [-0.3, -0.25) is 9.59 Å². The van der Waals surface area contributed by atoms with Gasteiger partial charge in [0, 0.05) is 19.5 Å². The van der Waals surface area contributed by atoms with Gasteiger partial charge in [0.25, 0.3) is 0 Å². The topological polar surface area (TPSA) is 49.4 Å². The summed E-state index contributed by atoms with van der Waals surface area (Å²) in [5, 5.41) is 2.86. The summed E-state index contributed by atoms with van der Waals surface area (Å²) in [4.78, 5) is 26.1. The molecule has 0 aromatic heterocycles. The van der Waals surface area contributed by atoms with Gasteiger partial charge in [0.2, 0.25) is 11.8 Å². The number of hydrogen-bond donors (Lipinski definition) is 1. The van der Waals surface area contributed by atoms with Crippen molar-refractivity contribution in [1.82, 2.24) is 10.2 Å². The van der Waals surface area contributed by atoms with Gasteiger partial charge in [-0.1, -0.05) is 33.6 Å². The van der Waals surface area contributed by atoms with Crippen LogP contribution in [0.5, 0.6) is 0 Å². The molecule has 0 spiro atoms. The first kappa shape index (κ1) is 15.0. The first-order valence-electron chi connectivity index (χ1n) is 7.07. The predicted molar refractivity (Wildman–Crippen MR) is 72.1 cm³/mol. The molecule has 0 aromatic carbocycles. The molecule has 18 heavy (non-hydrogen) atoms. The predicted octanol–water partition coefficient (Wildman–Crippen LogP) is 1.94. The Labute approximate surface area is 110 Å². The van der Waals surface area contributed by atoms with Gasteiger partial charge in [-0.2, -0.15) is 0 Å². The van der Waals surface area contributed by atoms with Crippen LogP contribution >= 0.6 is 0 Å². The minimum atomic E-state index is -0.723. The smallest absolute Gasteiger partial charge is 0.248 e. The van der Waals surface area contributed by atoms with Gasteiger partial charge >= 0.3 is 0 Å². The molecule has 1 N–H and O–H groups in total. The normalized spacial score (nSPS) is 25.3. The fraction of sp³-hybridized carbons (Fsp3) is 0.857. The van der Waals surface area contributed by atoms with Gasteiger partial charge in [-0.15, -0.1) is 0 Å². The standard InChI is InChI=1S/C14H26N2O2/c1-5-11(6-2)10-16-9-8-12(17)15-14(4,7-3)13(16)18/h11H,5-10H2,1-4H3,(H,15,17). The maximum absolute atomic E-state index is 12.5. The lowest BCUT2D eigenvalue weighted by molar-refractivity contribution is -0.138. The van der Waals surface area contributed by atoms with Crippen LogP contribution in [-0.4, -0.2) is 35.3 Å². The van der Waals surface area contributed by atoms with Crippen LogP contribution in [0, 0.1) is 5.92 Å². The molecule has 4 heteroatoms. The van der Waals surface area contributed by atoms with E-state index in [4.69, 9.17) is 0 Å². The molecule has 4 nitrogen and oxygen atoms in total. The number of amides is 2. The van der Waals surface area contributed by atoms with Crippen LogP contribution in [0.1, 0.15) is 53.4 Å². The third kappa shape index (κ3) is 3.24. The quantitative estimate of drug-likeness (QED) is 0.815. The van der Waals surface area contributed by atoms with Gasteiger partial charge < -0.3 is 10.2 Å². The molecule has 104 valence electrons. The molecule has 0 aliphatic carbocycles. The summed E-state index contributed by atoms with van der Waals surface area (Å²) in [7, 11) is 0. The van der Waals surface area contributed by atoms with Crippen molar-refractivity contribution in [2.45, 2.75) is 58.9 Å². The Morgan fingerprint density at radius 1 is 1.28 bits per heavy atom. The van der Waals surface area contributed by atoms with Crippen molar-refractivity contribution in [3.63, 3.8) is 0 Å².